The molecular formula is C25H15ClN4OS. The van der Waals surface area contributed by atoms with Gasteiger partial charge in [0.15, 0.2) is 5.82 Å². The Labute approximate surface area is 191 Å². The molecule has 5 aromatic rings. The van der Waals surface area contributed by atoms with E-state index in [9.17, 15) is 10.1 Å². The fourth-order valence-corrected chi connectivity index (χ4v) is 4.68. The number of aromatic amines is 1. The fourth-order valence-electron chi connectivity index (χ4n) is 3.45. The first-order valence-electron chi connectivity index (χ1n) is 9.78. The van der Waals surface area contributed by atoms with E-state index < -0.39 is 0 Å². The van der Waals surface area contributed by atoms with E-state index in [0.717, 1.165) is 16.6 Å². The van der Waals surface area contributed by atoms with Crippen LogP contribution in [0.2, 0.25) is 5.02 Å². The lowest BCUT2D eigenvalue weighted by Gasteiger charge is -2.02. The molecule has 0 atom stereocenters. The highest BCUT2D eigenvalue weighted by Gasteiger charge is 2.15. The molecule has 2 aromatic heterocycles. The van der Waals surface area contributed by atoms with Crippen LogP contribution in [0.1, 0.15) is 11.4 Å². The van der Waals surface area contributed by atoms with E-state index >= 15 is 0 Å². The van der Waals surface area contributed by atoms with Gasteiger partial charge in [0.2, 0.25) is 0 Å². The maximum atomic E-state index is 13.4. The van der Waals surface area contributed by atoms with Crippen molar-refractivity contribution in [3.05, 3.63) is 115 Å². The van der Waals surface area contributed by atoms with Gasteiger partial charge in [-0.1, -0.05) is 54.1 Å². The smallest absolute Gasteiger partial charge is 0.273 e. The van der Waals surface area contributed by atoms with E-state index in [1.165, 1.54) is 11.3 Å². The highest BCUT2D eigenvalue weighted by Crippen LogP contribution is 2.15. The van der Waals surface area contributed by atoms with Gasteiger partial charge in [-0.3, -0.25) is 9.36 Å². The Bertz CT molecular complexity index is 1620. The van der Waals surface area contributed by atoms with Crippen molar-refractivity contribution >= 4 is 45.6 Å². The molecule has 0 aliphatic heterocycles. The molecule has 5 rings (SSSR count). The molecule has 0 amide bonds. The Morgan fingerprint density at radius 3 is 2.47 bits per heavy atom. The van der Waals surface area contributed by atoms with E-state index in [-0.39, 0.29) is 5.56 Å². The number of rotatable bonds is 3. The number of halogens is 1. The summed E-state index contributed by atoms with van der Waals surface area (Å²) in [4.78, 5) is 21.2. The second-order valence-corrected chi connectivity index (χ2v) is 8.50. The number of thiazole rings is 1. The highest BCUT2D eigenvalue weighted by atomic mass is 35.5. The largest absolute Gasteiger partial charge is 0.337 e. The van der Waals surface area contributed by atoms with Crippen molar-refractivity contribution in [2.45, 2.75) is 0 Å². The fraction of sp³-hybridized carbons (Fsp3) is 0. The van der Waals surface area contributed by atoms with Crippen LogP contribution in [0.25, 0.3) is 28.4 Å². The minimum atomic E-state index is -0.199. The normalized spacial score (nSPS) is 12.7. The Balaban J connectivity index is 1.85. The molecule has 7 heteroatoms. The minimum Gasteiger partial charge on any atom is -0.337 e. The third kappa shape index (κ3) is 3.65. The summed E-state index contributed by atoms with van der Waals surface area (Å²) in [7, 11) is 0. The second kappa shape index (κ2) is 8.31. The van der Waals surface area contributed by atoms with Gasteiger partial charge in [0.25, 0.3) is 5.56 Å². The predicted octanol–water partition coefficient (Wildman–Crippen LogP) is 3.98. The number of fused-ring (bicyclic) bond motifs is 1. The molecule has 2 heterocycles. The van der Waals surface area contributed by atoms with E-state index in [0.29, 0.717) is 31.3 Å². The van der Waals surface area contributed by atoms with Gasteiger partial charge < -0.3 is 4.98 Å². The quantitative estimate of drug-likeness (QED) is 0.448. The number of imidazole rings is 1. The zero-order valence-electron chi connectivity index (χ0n) is 16.6. The Morgan fingerprint density at radius 1 is 1.03 bits per heavy atom. The van der Waals surface area contributed by atoms with Gasteiger partial charge in [-0.05, 0) is 48.0 Å². The van der Waals surface area contributed by atoms with E-state index in [1.807, 2.05) is 66.7 Å². The first-order valence-corrected chi connectivity index (χ1v) is 11.0. The number of benzene rings is 3. The first-order chi connectivity index (χ1) is 15.6. The molecule has 0 spiro atoms. The molecule has 154 valence electrons. The number of nitrogens with one attached hydrogen (secondary N) is 1. The molecule has 0 radical (unpaired) electrons. The predicted molar refractivity (Wildman–Crippen MR) is 128 cm³/mol. The van der Waals surface area contributed by atoms with Gasteiger partial charge >= 0.3 is 0 Å². The van der Waals surface area contributed by atoms with Crippen molar-refractivity contribution in [1.82, 2.24) is 14.5 Å². The summed E-state index contributed by atoms with van der Waals surface area (Å²) in [5.41, 5.74) is 3.23. The number of nitriles is 1. The average Bonchev–Trinajstić information content (AvgIpc) is 3.38. The zero-order chi connectivity index (χ0) is 22.1. The third-order valence-electron chi connectivity index (χ3n) is 4.96. The van der Waals surface area contributed by atoms with Crippen molar-refractivity contribution in [3.63, 3.8) is 0 Å². The molecule has 0 bridgehead atoms. The minimum absolute atomic E-state index is 0.199. The maximum Gasteiger partial charge on any atom is 0.273 e. The average molecular weight is 455 g/mol. The number of H-pyrrole nitrogens is 1. The Kier molecular flexibility index (Phi) is 5.20. The molecule has 0 saturated carbocycles. The summed E-state index contributed by atoms with van der Waals surface area (Å²) in [5.74, 6) is 0.428. The van der Waals surface area contributed by atoms with Crippen LogP contribution in [0, 0.1) is 11.3 Å². The molecular weight excluding hydrogens is 440 g/mol. The number of aromatic nitrogens is 3. The third-order valence-corrected chi connectivity index (χ3v) is 6.30. The molecule has 0 saturated heterocycles. The van der Waals surface area contributed by atoms with Gasteiger partial charge in [-0.2, -0.15) is 5.26 Å². The summed E-state index contributed by atoms with van der Waals surface area (Å²) in [5, 5.41) is 10.7. The summed E-state index contributed by atoms with van der Waals surface area (Å²) in [6.45, 7) is 0. The maximum absolute atomic E-state index is 13.4. The molecule has 32 heavy (non-hydrogen) atoms. The van der Waals surface area contributed by atoms with Crippen molar-refractivity contribution in [2.75, 3.05) is 0 Å². The number of hydrogen-bond acceptors (Lipinski definition) is 4. The molecule has 0 aliphatic carbocycles. The lowest BCUT2D eigenvalue weighted by molar-refractivity contribution is 0.984. The van der Waals surface area contributed by atoms with Crippen molar-refractivity contribution < 1.29 is 0 Å². The summed E-state index contributed by atoms with van der Waals surface area (Å²) >= 11 is 7.25. The monoisotopic (exact) mass is 454 g/mol. The SMILES string of the molecule is N#C/C(c1nc2ccccc2[nH]1)=c1/s/c(=C/c2ccc(Cl)cc2)c(=O)n1-c1ccccc1. The molecule has 0 unspecified atom stereocenters. The van der Waals surface area contributed by atoms with Gasteiger partial charge in [0, 0.05) is 5.02 Å². The van der Waals surface area contributed by atoms with E-state index in [2.05, 4.69) is 16.0 Å². The second-order valence-electron chi connectivity index (χ2n) is 7.03. The van der Waals surface area contributed by atoms with Crippen molar-refractivity contribution in [2.24, 2.45) is 0 Å². The highest BCUT2D eigenvalue weighted by molar-refractivity contribution is 7.07. The summed E-state index contributed by atoms with van der Waals surface area (Å²) < 4.78 is 2.59. The van der Waals surface area contributed by atoms with Gasteiger partial charge in [0.1, 0.15) is 16.3 Å². The summed E-state index contributed by atoms with van der Waals surface area (Å²) in [6.07, 6.45) is 1.81. The lowest BCUT2D eigenvalue weighted by atomic mass is 10.2. The van der Waals surface area contributed by atoms with Gasteiger partial charge in [-0.25, -0.2) is 4.98 Å². The van der Waals surface area contributed by atoms with Crippen LogP contribution >= 0.6 is 22.9 Å². The Hall–Kier alpha value is -3.92. The molecule has 1 N–H and O–H groups in total. The van der Waals surface area contributed by atoms with Crippen LogP contribution in [0.4, 0.5) is 0 Å². The number of hydrogen-bond donors (Lipinski definition) is 1. The molecule has 0 aliphatic rings. The first kappa shape index (κ1) is 20.0. The lowest BCUT2D eigenvalue weighted by Crippen LogP contribution is -2.30. The van der Waals surface area contributed by atoms with Crippen LogP contribution in [-0.4, -0.2) is 14.5 Å². The zero-order valence-corrected chi connectivity index (χ0v) is 18.2. The van der Waals surface area contributed by atoms with E-state index in [1.54, 1.807) is 22.8 Å². The van der Waals surface area contributed by atoms with Crippen LogP contribution < -0.4 is 14.8 Å². The van der Waals surface area contributed by atoms with Gasteiger partial charge in [0.05, 0.1) is 21.3 Å². The molecule has 0 fully saturated rings. The van der Waals surface area contributed by atoms with Crippen LogP contribution in [0.15, 0.2) is 83.7 Å². The topological polar surface area (TPSA) is 74.5 Å². The van der Waals surface area contributed by atoms with E-state index in [4.69, 9.17) is 11.6 Å². The van der Waals surface area contributed by atoms with Crippen LogP contribution in [-0.2, 0) is 0 Å². The molecule has 3 aromatic carbocycles. The van der Waals surface area contributed by atoms with Gasteiger partial charge in [-0.15, -0.1) is 11.3 Å². The molecule has 5 nitrogen and oxygen atoms in total. The van der Waals surface area contributed by atoms with Crippen LogP contribution in [0.5, 0.6) is 0 Å². The Morgan fingerprint density at radius 2 is 1.75 bits per heavy atom. The van der Waals surface area contributed by atoms with Crippen LogP contribution in [0.3, 0.4) is 0 Å². The standard InChI is InChI=1S/C25H15ClN4OS/c26-17-12-10-16(11-13-17)14-22-24(31)30(18-6-2-1-3-7-18)25(32-22)19(15-27)23-28-20-8-4-5-9-21(20)29-23/h1-14H,(H,28,29)/b22-14+,25-19-. The van der Waals surface area contributed by atoms with Crippen molar-refractivity contribution in [1.29, 1.82) is 5.26 Å². The number of para-hydroxylation sites is 3. The summed E-state index contributed by atoms with van der Waals surface area (Å²) in [6, 6.07) is 26.4. The number of nitrogens with zero attached hydrogens (tertiary/aromatic N) is 3. The van der Waals surface area contributed by atoms with Crippen molar-refractivity contribution in [3.8, 4) is 11.8 Å².